The lowest BCUT2D eigenvalue weighted by molar-refractivity contribution is -0.187. The minimum atomic E-state index is -0.383. The van der Waals surface area contributed by atoms with Gasteiger partial charge >= 0.3 is 11.9 Å². The van der Waals surface area contributed by atoms with E-state index >= 15 is 0 Å². The molecule has 0 aromatic rings. The third kappa shape index (κ3) is 8.32. The molecule has 1 aliphatic rings. The summed E-state index contributed by atoms with van der Waals surface area (Å²) in [5, 5.41) is 0. The topological polar surface area (TPSA) is 71.1 Å². The Labute approximate surface area is 138 Å². The highest BCUT2D eigenvalue weighted by atomic mass is 16.7. The number of unbranched alkanes of at least 4 members (excludes halogenated alkanes) is 3. The molecule has 0 radical (unpaired) electrons. The second-order valence-electron chi connectivity index (χ2n) is 6.11. The Morgan fingerprint density at radius 3 is 2.22 bits per heavy atom. The molecule has 1 rings (SSSR count). The monoisotopic (exact) mass is 330 g/mol. The number of carbonyl (C=O) groups excluding carboxylic acids is 2. The fourth-order valence-corrected chi connectivity index (χ4v) is 2.30. The maximum Gasteiger partial charge on any atom is 0.306 e. The number of ether oxygens (including phenoxy) is 4. The predicted octanol–water partition coefficient (Wildman–Crippen LogP) is 2.83. The summed E-state index contributed by atoms with van der Waals surface area (Å²) in [6.45, 7) is 6.18. The minimum absolute atomic E-state index is 0.0509. The van der Waals surface area contributed by atoms with Gasteiger partial charge in [-0.05, 0) is 12.8 Å². The summed E-state index contributed by atoms with van der Waals surface area (Å²) in [5.41, 5.74) is -0.270. The van der Waals surface area contributed by atoms with Crippen LogP contribution in [0.3, 0.4) is 0 Å². The van der Waals surface area contributed by atoms with Gasteiger partial charge in [0.05, 0.1) is 38.1 Å². The van der Waals surface area contributed by atoms with Gasteiger partial charge < -0.3 is 18.9 Å². The van der Waals surface area contributed by atoms with Gasteiger partial charge in [-0.25, -0.2) is 0 Å². The largest absolute Gasteiger partial charge is 0.466 e. The van der Waals surface area contributed by atoms with E-state index in [2.05, 4.69) is 6.92 Å². The molecular formula is C17H30O6. The molecule has 0 N–H and O–H groups in total. The number of rotatable bonds is 11. The Balaban J connectivity index is 2.12. The molecule has 134 valence electrons. The van der Waals surface area contributed by atoms with Crippen molar-refractivity contribution in [3.8, 4) is 0 Å². The quantitative estimate of drug-likeness (QED) is 0.428. The molecular weight excluding hydrogens is 300 g/mol. The van der Waals surface area contributed by atoms with E-state index in [9.17, 15) is 9.59 Å². The lowest BCUT2D eigenvalue weighted by atomic mass is 9.87. The van der Waals surface area contributed by atoms with E-state index in [0.717, 1.165) is 32.1 Å². The SMILES string of the molecule is CCCCCCOC(=O)CCC(=O)OCC1(CC)COCOC1. The molecule has 0 amide bonds. The first kappa shape index (κ1) is 19.9. The van der Waals surface area contributed by atoms with Crippen LogP contribution >= 0.6 is 0 Å². The Bertz CT molecular complexity index is 349. The van der Waals surface area contributed by atoms with Crippen molar-refractivity contribution in [1.82, 2.24) is 0 Å². The van der Waals surface area contributed by atoms with Crippen LogP contribution in [-0.4, -0.2) is 45.2 Å². The van der Waals surface area contributed by atoms with Crippen LogP contribution in [-0.2, 0) is 28.5 Å². The van der Waals surface area contributed by atoms with Crippen LogP contribution < -0.4 is 0 Å². The lowest BCUT2D eigenvalue weighted by Crippen LogP contribution is -2.41. The van der Waals surface area contributed by atoms with Crippen molar-refractivity contribution in [1.29, 1.82) is 0 Å². The lowest BCUT2D eigenvalue weighted by Gasteiger charge is -2.35. The van der Waals surface area contributed by atoms with Crippen molar-refractivity contribution in [2.75, 3.05) is 33.2 Å². The van der Waals surface area contributed by atoms with Gasteiger partial charge in [0.2, 0.25) is 0 Å². The Hall–Kier alpha value is -1.14. The van der Waals surface area contributed by atoms with Crippen LogP contribution in [0.5, 0.6) is 0 Å². The molecule has 0 saturated carbocycles. The Kier molecular flexibility index (Phi) is 9.87. The number of hydrogen-bond donors (Lipinski definition) is 0. The van der Waals surface area contributed by atoms with Crippen molar-refractivity contribution < 1.29 is 28.5 Å². The molecule has 0 unspecified atom stereocenters. The van der Waals surface area contributed by atoms with E-state index in [0.29, 0.717) is 26.6 Å². The van der Waals surface area contributed by atoms with Crippen molar-refractivity contribution in [2.24, 2.45) is 5.41 Å². The second-order valence-corrected chi connectivity index (χ2v) is 6.11. The normalized spacial score (nSPS) is 16.8. The molecule has 1 heterocycles. The van der Waals surface area contributed by atoms with Gasteiger partial charge in [-0.2, -0.15) is 0 Å². The van der Waals surface area contributed by atoms with Gasteiger partial charge in [0.25, 0.3) is 0 Å². The first-order valence-electron chi connectivity index (χ1n) is 8.58. The minimum Gasteiger partial charge on any atom is -0.466 e. The van der Waals surface area contributed by atoms with Gasteiger partial charge in [0, 0.05) is 0 Å². The number of carbonyl (C=O) groups is 2. The molecule has 0 aliphatic carbocycles. The summed E-state index contributed by atoms with van der Waals surface area (Å²) in [4.78, 5) is 23.3. The van der Waals surface area contributed by atoms with Gasteiger partial charge in [-0.3, -0.25) is 9.59 Å². The first-order valence-corrected chi connectivity index (χ1v) is 8.58. The number of hydrogen-bond acceptors (Lipinski definition) is 6. The summed E-state index contributed by atoms with van der Waals surface area (Å²) >= 11 is 0. The number of esters is 2. The second kappa shape index (κ2) is 11.4. The van der Waals surface area contributed by atoms with Gasteiger partial charge in [0.15, 0.2) is 0 Å². The van der Waals surface area contributed by atoms with Crippen LogP contribution in [0, 0.1) is 5.41 Å². The van der Waals surface area contributed by atoms with Crippen LogP contribution in [0.1, 0.15) is 58.8 Å². The molecule has 0 atom stereocenters. The highest BCUT2D eigenvalue weighted by molar-refractivity contribution is 5.77. The van der Waals surface area contributed by atoms with Crippen molar-refractivity contribution in [3.05, 3.63) is 0 Å². The summed E-state index contributed by atoms with van der Waals surface area (Å²) < 4.78 is 20.9. The Morgan fingerprint density at radius 1 is 0.957 bits per heavy atom. The third-order valence-corrected chi connectivity index (χ3v) is 4.07. The maximum absolute atomic E-state index is 11.8. The van der Waals surface area contributed by atoms with Crippen LogP contribution in [0.15, 0.2) is 0 Å². The fraction of sp³-hybridized carbons (Fsp3) is 0.882. The van der Waals surface area contributed by atoms with Gasteiger partial charge in [-0.15, -0.1) is 0 Å². The van der Waals surface area contributed by atoms with Crippen LogP contribution in [0.4, 0.5) is 0 Å². The average Bonchev–Trinajstić information content (AvgIpc) is 2.59. The first-order chi connectivity index (χ1) is 11.1. The standard InChI is InChI=1S/C17H30O6/c1-3-5-6-7-10-22-15(18)8-9-16(19)23-13-17(4-2)11-20-14-21-12-17/h3-14H2,1-2H3. The molecule has 6 heteroatoms. The van der Waals surface area contributed by atoms with Gasteiger partial charge in [0.1, 0.15) is 13.4 Å². The van der Waals surface area contributed by atoms with Crippen molar-refractivity contribution >= 4 is 11.9 Å². The summed E-state index contributed by atoms with van der Waals surface area (Å²) in [7, 11) is 0. The summed E-state index contributed by atoms with van der Waals surface area (Å²) in [5.74, 6) is -0.723. The van der Waals surface area contributed by atoms with E-state index in [-0.39, 0.29) is 36.8 Å². The molecule has 1 aliphatic heterocycles. The molecule has 0 bridgehead atoms. The summed E-state index contributed by atoms with van der Waals surface area (Å²) in [6.07, 6.45) is 5.16. The highest BCUT2D eigenvalue weighted by Crippen LogP contribution is 2.26. The van der Waals surface area contributed by atoms with E-state index in [1.54, 1.807) is 0 Å². The molecule has 0 spiro atoms. The molecule has 23 heavy (non-hydrogen) atoms. The van der Waals surface area contributed by atoms with E-state index in [1.165, 1.54) is 0 Å². The molecule has 0 aromatic heterocycles. The molecule has 1 saturated heterocycles. The maximum atomic E-state index is 11.8. The van der Waals surface area contributed by atoms with E-state index in [1.807, 2.05) is 6.92 Å². The zero-order valence-corrected chi connectivity index (χ0v) is 14.4. The molecule has 1 fully saturated rings. The van der Waals surface area contributed by atoms with Gasteiger partial charge in [-0.1, -0.05) is 33.1 Å². The van der Waals surface area contributed by atoms with Crippen molar-refractivity contribution in [2.45, 2.75) is 58.8 Å². The zero-order chi connectivity index (χ0) is 17.0. The average molecular weight is 330 g/mol. The zero-order valence-electron chi connectivity index (χ0n) is 14.4. The van der Waals surface area contributed by atoms with Crippen LogP contribution in [0.2, 0.25) is 0 Å². The molecule has 0 aromatic carbocycles. The van der Waals surface area contributed by atoms with Crippen LogP contribution in [0.25, 0.3) is 0 Å². The molecule has 6 nitrogen and oxygen atoms in total. The van der Waals surface area contributed by atoms with Crippen molar-refractivity contribution in [3.63, 3.8) is 0 Å². The fourth-order valence-electron chi connectivity index (χ4n) is 2.30. The van der Waals surface area contributed by atoms with E-state index < -0.39 is 0 Å². The highest BCUT2D eigenvalue weighted by Gasteiger charge is 2.33. The summed E-state index contributed by atoms with van der Waals surface area (Å²) in [6, 6.07) is 0. The third-order valence-electron chi connectivity index (χ3n) is 4.07. The van der Waals surface area contributed by atoms with E-state index in [4.69, 9.17) is 18.9 Å². The smallest absolute Gasteiger partial charge is 0.306 e. The Morgan fingerprint density at radius 2 is 1.61 bits per heavy atom. The predicted molar refractivity (Wildman–Crippen MR) is 84.8 cm³/mol.